The van der Waals surface area contributed by atoms with Crippen LogP contribution in [0.25, 0.3) is 0 Å². The van der Waals surface area contributed by atoms with Crippen molar-refractivity contribution in [3.05, 3.63) is 54.1 Å². The number of sulfonamides is 1. The van der Waals surface area contributed by atoms with Crippen molar-refractivity contribution in [3.8, 4) is 5.75 Å². The second-order valence-corrected chi connectivity index (χ2v) is 9.66. The number of rotatable bonds is 7. The summed E-state index contributed by atoms with van der Waals surface area (Å²) >= 11 is 0. The van der Waals surface area contributed by atoms with E-state index in [0.717, 1.165) is 12.8 Å². The summed E-state index contributed by atoms with van der Waals surface area (Å²) in [6.45, 7) is 0.274. The third kappa shape index (κ3) is 4.72. The molecule has 1 atom stereocenters. The summed E-state index contributed by atoms with van der Waals surface area (Å²) in [7, 11) is -2.32. The second-order valence-electron chi connectivity index (χ2n) is 7.77. The lowest BCUT2D eigenvalue weighted by Gasteiger charge is -2.23. The first-order valence-corrected chi connectivity index (χ1v) is 11.7. The molecule has 1 aliphatic carbocycles. The number of nitrogens with zero attached hydrogens (tertiary/aromatic N) is 1. The molecular formula is C22H25N3O5S. The molecule has 2 N–H and O–H groups in total. The van der Waals surface area contributed by atoms with E-state index in [-0.39, 0.29) is 23.4 Å². The van der Waals surface area contributed by atoms with E-state index in [4.69, 9.17) is 4.74 Å². The molecule has 2 aromatic carbocycles. The molecule has 31 heavy (non-hydrogen) atoms. The zero-order valence-electron chi connectivity index (χ0n) is 17.2. The molecule has 0 aromatic heterocycles. The Morgan fingerprint density at radius 2 is 1.81 bits per heavy atom. The summed E-state index contributed by atoms with van der Waals surface area (Å²) < 4.78 is 32.5. The number of anilines is 1. The van der Waals surface area contributed by atoms with Gasteiger partial charge in [0.15, 0.2) is 0 Å². The Balaban J connectivity index is 1.48. The molecule has 2 aliphatic rings. The van der Waals surface area contributed by atoms with Gasteiger partial charge in [0, 0.05) is 23.8 Å². The lowest BCUT2D eigenvalue weighted by atomic mass is 10.1. The number of amides is 2. The average molecular weight is 444 g/mol. The van der Waals surface area contributed by atoms with Crippen LogP contribution in [-0.4, -0.2) is 50.3 Å². The molecule has 9 heteroatoms. The number of carbonyl (C=O) groups excluding carboxylic acids is 2. The van der Waals surface area contributed by atoms with Crippen LogP contribution in [-0.2, 0) is 14.8 Å². The number of hydrogen-bond acceptors (Lipinski definition) is 5. The van der Waals surface area contributed by atoms with E-state index in [1.54, 1.807) is 36.4 Å². The predicted molar refractivity (Wildman–Crippen MR) is 115 cm³/mol. The number of benzene rings is 2. The normalized spacial score (nSPS) is 19.1. The molecular weight excluding hydrogens is 418 g/mol. The van der Waals surface area contributed by atoms with Crippen LogP contribution in [0.1, 0.15) is 36.0 Å². The maximum atomic E-state index is 13.1. The summed E-state index contributed by atoms with van der Waals surface area (Å²) in [5.41, 5.74) is 0.918. The molecule has 1 saturated carbocycles. The SMILES string of the molecule is COc1ccc(S(=O)(=O)N2CCCC2C(=O)Nc2cccc(C(=O)NC3CC3)c2)cc1. The van der Waals surface area contributed by atoms with Crippen molar-refractivity contribution in [2.75, 3.05) is 19.0 Å². The van der Waals surface area contributed by atoms with Crippen LogP contribution in [0.5, 0.6) is 5.75 Å². The van der Waals surface area contributed by atoms with Crippen LogP contribution in [0, 0.1) is 0 Å². The van der Waals surface area contributed by atoms with E-state index in [1.165, 1.54) is 23.5 Å². The van der Waals surface area contributed by atoms with Gasteiger partial charge < -0.3 is 15.4 Å². The topological polar surface area (TPSA) is 105 Å². The molecule has 1 heterocycles. The highest BCUT2D eigenvalue weighted by Gasteiger charge is 2.39. The molecule has 164 valence electrons. The average Bonchev–Trinajstić information content (AvgIpc) is 3.44. The number of nitrogens with one attached hydrogen (secondary N) is 2. The van der Waals surface area contributed by atoms with Gasteiger partial charge in [-0.2, -0.15) is 4.31 Å². The van der Waals surface area contributed by atoms with Crippen molar-refractivity contribution >= 4 is 27.5 Å². The van der Waals surface area contributed by atoms with Crippen LogP contribution in [0.2, 0.25) is 0 Å². The Kier molecular flexibility index (Phi) is 5.97. The van der Waals surface area contributed by atoms with Crippen molar-refractivity contribution in [1.29, 1.82) is 0 Å². The fourth-order valence-electron chi connectivity index (χ4n) is 3.63. The monoisotopic (exact) mass is 443 g/mol. The molecule has 1 unspecified atom stereocenters. The quantitative estimate of drug-likeness (QED) is 0.684. The number of carbonyl (C=O) groups is 2. The Labute approximate surface area is 181 Å². The first kappa shape index (κ1) is 21.3. The molecule has 2 amide bonds. The van der Waals surface area contributed by atoms with E-state index in [2.05, 4.69) is 10.6 Å². The maximum absolute atomic E-state index is 13.1. The molecule has 0 radical (unpaired) electrons. The highest BCUT2D eigenvalue weighted by atomic mass is 32.2. The zero-order chi connectivity index (χ0) is 22.0. The molecule has 1 aliphatic heterocycles. The van der Waals surface area contributed by atoms with E-state index in [1.807, 2.05) is 0 Å². The van der Waals surface area contributed by atoms with E-state index >= 15 is 0 Å². The third-order valence-corrected chi connectivity index (χ3v) is 7.40. The van der Waals surface area contributed by atoms with Gasteiger partial charge in [-0.05, 0) is 68.1 Å². The number of methoxy groups -OCH3 is 1. The molecule has 8 nitrogen and oxygen atoms in total. The first-order valence-electron chi connectivity index (χ1n) is 10.3. The van der Waals surface area contributed by atoms with Gasteiger partial charge in [-0.25, -0.2) is 8.42 Å². The Hall–Kier alpha value is -2.91. The van der Waals surface area contributed by atoms with E-state index < -0.39 is 22.0 Å². The van der Waals surface area contributed by atoms with Crippen LogP contribution >= 0.6 is 0 Å². The first-order chi connectivity index (χ1) is 14.9. The van der Waals surface area contributed by atoms with Gasteiger partial charge in [-0.1, -0.05) is 6.07 Å². The Bertz CT molecular complexity index is 1080. The van der Waals surface area contributed by atoms with Gasteiger partial charge in [0.05, 0.1) is 12.0 Å². The van der Waals surface area contributed by atoms with Crippen LogP contribution in [0.15, 0.2) is 53.4 Å². The summed E-state index contributed by atoms with van der Waals surface area (Å²) in [5, 5.41) is 5.69. The van der Waals surface area contributed by atoms with Crippen molar-refractivity contribution in [3.63, 3.8) is 0 Å². The fourth-order valence-corrected chi connectivity index (χ4v) is 5.29. The molecule has 0 bridgehead atoms. The van der Waals surface area contributed by atoms with Crippen molar-refractivity contribution < 1.29 is 22.7 Å². The highest BCUT2D eigenvalue weighted by Crippen LogP contribution is 2.28. The predicted octanol–water partition coefficient (Wildman–Crippen LogP) is 2.38. The molecule has 2 fully saturated rings. The fraction of sp³-hybridized carbons (Fsp3) is 0.364. The second kappa shape index (κ2) is 8.68. The van der Waals surface area contributed by atoms with Crippen molar-refractivity contribution in [2.45, 2.75) is 42.7 Å². The molecule has 0 spiro atoms. The maximum Gasteiger partial charge on any atom is 0.251 e. The summed E-state index contributed by atoms with van der Waals surface area (Å²) in [6.07, 6.45) is 3.01. The van der Waals surface area contributed by atoms with Crippen molar-refractivity contribution in [2.24, 2.45) is 0 Å². The van der Waals surface area contributed by atoms with Crippen LogP contribution < -0.4 is 15.4 Å². The molecule has 2 aromatic rings. The van der Waals surface area contributed by atoms with Gasteiger partial charge >= 0.3 is 0 Å². The van der Waals surface area contributed by atoms with Gasteiger partial charge in [0.2, 0.25) is 15.9 Å². The molecule has 4 rings (SSSR count). The van der Waals surface area contributed by atoms with Crippen molar-refractivity contribution in [1.82, 2.24) is 9.62 Å². The van der Waals surface area contributed by atoms with E-state index in [0.29, 0.717) is 29.8 Å². The lowest BCUT2D eigenvalue weighted by Crippen LogP contribution is -2.43. The summed E-state index contributed by atoms with van der Waals surface area (Å²) in [4.78, 5) is 25.3. The van der Waals surface area contributed by atoms with Gasteiger partial charge in [-0.3, -0.25) is 9.59 Å². The standard InChI is InChI=1S/C22H25N3O5S/c1-30-18-9-11-19(12-10-18)31(28,29)25-13-3-6-20(25)22(27)24-17-5-2-4-15(14-17)21(26)23-16-7-8-16/h2,4-5,9-12,14,16,20H,3,6-8,13H2,1H3,(H,23,26)(H,24,27). The van der Waals surface area contributed by atoms with Gasteiger partial charge in [0.1, 0.15) is 11.8 Å². The number of hydrogen-bond donors (Lipinski definition) is 2. The highest BCUT2D eigenvalue weighted by molar-refractivity contribution is 7.89. The molecule has 1 saturated heterocycles. The van der Waals surface area contributed by atoms with Gasteiger partial charge in [-0.15, -0.1) is 0 Å². The summed E-state index contributed by atoms with van der Waals surface area (Å²) in [5.74, 6) is -0.0298. The van der Waals surface area contributed by atoms with E-state index in [9.17, 15) is 18.0 Å². The summed E-state index contributed by atoms with van der Waals surface area (Å²) in [6, 6.07) is 12.2. The smallest absolute Gasteiger partial charge is 0.251 e. The Morgan fingerprint density at radius 3 is 2.48 bits per heavy atom. The van der Waals surface area contributed by atoms with Crippen LogP contribution in [0.4, 0.5) is 5.69 Å². The lowest BCUT2D eigenvalue weighted by molar-refractivity contribution is -0.119. The third-order valence-electron chi connectivity index (χ3n) is 5.48. The zero-order valence-corrected chi connectivity index (χ0v) is 18.0. The number of ether oxygens (including phenoxy) is 1. The largest absolute Gasteiger partial charge is 0.497 e. The Morgan fingerprint density at radius 1 is 1.06 bits per heavy atom. The van der Waals surface area contributed by atoms with Gasteiger partial charge in [0.25, 0.3) is 5.91 Å². The minimum atomic E-state index is -3.83. The van der Waals surface area contributed by atoms with Crippen LogP contribution in [0.3, 0.4) is 0 Å². The minimum absolute atomic E-state index is 0.117. The minimum Gasteiger partial charge on any atom is -0.497 e.